The van der Waals surface area contributed by atoms with Gasteiger partial charge >= 0.3 is 0 Å². The quantitative estimate of drug-likeness (QED) is 0.646. The Morgan fingerprint density at radius 1 is 1.00 bits per heavy atom. The van der Waals surface area contributed by atoms with E-state index >= 15 is 0 Å². The van der Waals surface area contributed by atoms with Crippen LogP contribution in [0.5, 0.6) is 0 Å². The molecule has 1 heteroatoms. The lowest BCUT2D eigenvalue weighted by Gasteiger charge is -2.21. The maximum atomic E-state index is 3.47. The molecule has 0 saturated heterocycles. The molecule has 1 N–H and O–H groups in total. The van der Waals surface area contributed by atoms with Gasteiger partial charge in [0.25, 0.3) is 0 Å². The van der Waals surface area contributed by atoms with Gasteiger partial charge in [-0.25, -0.2) is 0 Å². The Morgan fingerprint density at radius 3 is 2.27 bits per heavy atom. The fraction of sp³-hybridized carbons (Fsp3) is 1.00. The van der Waals surface area contributed by atoms with E-state index in [2.05, 4.69) is 12.2 Å². The van der Waals surface area contributed by atoms with Crippen molar-refractivity contribution in [3.05, 3.63) is 0 Å². The molecule has 1 rings (SSSR count). The third-order valence-corrected chi connectivity index (χ3v) is 3.12. The Kier molecular flexibility index (Phi) is 12.0. The summed E-state index contributed by atoms with van der Waals surface area (Å²) in [5, 5.41) is 3.47. The van der Waals surface area contributed by atoms with Crippen LogP contribution in [0.25, 0.3) is 0 Å². The Morgan fingerprint density at radius 2 is 1.67 bits per heavy atom. The molecule has 0 aromatic rings. The smallest absolute Gasteiger partial charge is 0.00488 e. The summed E-state index contributed by atoms with van der Waals surface area (Å²) in [6.45, 7) is 8.67. The number of hydrogen-bond donors (Lipinski definition) is 1. The van der Waals surface area contributed by atoms with Crippen molar-refractivity contribution >= 4 is 0 Å². The van der Waals surface area contributed by atoms with Crippen LogP contribution in [0.2, 0.25) is 0 Å². The molecule has 0 spiro atoms. The molecule has 0 aromatic heterocycles. The number of rotatable bonds is 6. The first-order chi connectivity index (χ1) is 7.43. The second-order valence-electron chi connectivity index (χ2n) is 4.40. The average molecular weight is 213 g/mol. The minimum Gasteiger partial charge on any atom is -0.317 e. The topological polar surface area (TPSA) is 12.0 Å². The zero-order valence-electron chi connectivity index (χ0n) is 11.1. The van der Waals surface area contributed by atoms with Crippen LogP contribution in [-0.2, 0) is 0 Å². The Hall–Kier alpha value is -0.0400. The highest BCUT2D eigenvalue weighted by Crippen LogP contribution is 2.26. The van der Waals surface area contributed by atoms with Crippen molar-refractivity contribution in [2.75, 3.05) is 13.1 Å². The maximum absolute atomic E-state index is 3.47. The summed E-state index contributed by atoms with van der Waals surface area (Å²) in [6.07, 6.45) is 11.6. The second kappa shape index (κ2) is 12.0. The van der Waals surface area contributed by atoms with E-state index in [4.69, 9.17) is 0 Å². The molecule has 15 heavy (non-hydrogen) atoms. The van der Waals surface area contributed by atoms with E-state index in [-0.39, 0.29) is 0 Å². The molecule has 0 radical (unpaired) electrons. The second-order valence-corrected chi connectivity index (χ2v) is 4.40. The van der Waals surface area contributed by atoms with Gasteiger partial charge in [0, 0.05) is 0 Å². The molecule has 1 aliphatic carbocycles. The molecule has 1 saturated carbocycles. The molecule has 1 nitrogen and oxygen atoms in total. The Balaban J connectivity index is 0.000000921. The van der Waals surface area contributed by atoms with Crippen LogP contribution in [0.4, 0.5) is 0 Å². The molecule has 0 amide bonds. The summed E-state index contributed by atoms with van der Waals surface area (Å²) in [4.78, 5) is 0. The summed E-state index contributed by atoms with van der Waals surface area (Å²) < 4.78 is 0. The van der Waals surface area contributed by atoms with Gasteiger partial charge in [-0.15, -0.1) is 0 Å². The predicted molar refractivity (Wildman–Crippen MR) is 70.3 cm³/mol. The van der Waals surface area contributed by atoms with Crippen molar-refractivity contribution in [1.82, 2.24) is 5.32 Å². The van der Waals surface area contributed by atoms with E-state index in [1.165, 1.54) is 64.5 Å². The molecule has 0 bridgehead atoms. The van der Waals surface area contributed by atoms with Crippen molar-refractivity contribution in [1.29, 1.82) is 0 Å². The zero-order valence-corrected chi connectivity index (χ0v) is 11.1. The van der Waals surface area contributed by atoms with Crippen LogP contribution in [0, 0.1) is 5.92 Å². The van der Waals surface area contributed by atoms with E-state index in [1.807, 2.05) is 13.8 Å². The minimum absolute atomic E-state index is 1.07. The summed E-state index contributed by atoms with van der Waals surface area (Å²) in [5.74, 6) is 1.07. The van der Waals surface area contributed by atoms with Gasteiger partial charge in [0.15, 0.2) is 0 Å². The predicted octanol–water partition coefficient (Wildman–Crippen LogP) is 4.37. The van der Waals surface area contributed by atoms with Crippen LogP contribution < -0.4 is 5.32 Å². The van der Waals surface area contributed by atoms with Gasteiger partial charge in [-0.1, -0.05) is 52.9 Å². The highest BCUT2D eigenvalue weighted by atomic mass is 14.8. The summed E-state index contributed by atoms with van der Waals surface area (Å²) in [7, 11) is 0. The third-order valence-electron chi connectivity index (χ3n) is 3.12. The molecule has 1 fully saturated rings. The normalized spacial score (nSPS) is 17.0. The average Bonchev–Trinajstić information content (AvgIpc) is 2.33. The van der Waals surface area contributed by atoms with E-state index < -0.39 is 0 Å². The van der Waals surface area contributed by atoms with E-state index in [0.717, 1.165) is 5.92 Å². The van der Waals surface area contributed by atoms with Crippen LogP contribution in [0.1, 0.15) is 72.1 Å². The lowest BCUT2D eigenvalue weighted by Crippen LogP contribution is -2.17. The number of nitrogens with one attached hydrogen (secondary N) is 1. The Labute approximate surface area is 97.0 Å². The molecule has 0 unspecified atom stereocenters. The van der Waals surface area contributed by atoms with Crippen molar-refractivity contribution in [2.45, 2.75) is 72.1 Å². The monoisotopic (exact) mass is 213 g/mol. The molecule has 1 aliphatic rings. The molecule has 92 valence electrons. The minimum atomic E-state index is 1.07. The third kappa shape index (κ3) is 8.92. The first kappa shape index (κ1) is 15.0. The van der Waals surface area contributed by atoms with Gasteiger partial charge in [-0.3, -0.25) is 0 Å². The highest BCUT2D eigenvalue weighted by Gasteiger charge is 2.12. The molecule has 0 atom stereocenters. The molecule has 0 aromatic carbocycles. The number of hydrogen-bond acceptors (Lipinski definition) is 1. The zero-order chi connectivity index (χ0) is 11.4. The van der Waals surface area contributed by atoms with E-state index in [0.29, 0.717) is 0 Å². The van der Waals surface area contributed by atoms with Gasteiger partial charge in [-0.05, 0) is 38.3 Å². The first-order valence-electron chi connectivity index (χ1n) is 7.14. The highest BCUT2D eigenvalue weighted by molar-refractivity contribution is 4.66. The largest absolute Gasteiger partial charge is 0.317 e. The molecular weight excluding hydrogens is 182 g/mol. The van der Waals surface area contributed by atoms with Gasteiger partial charge in [0.1, 0.15) is 0 Å². The van der Waals surface area contributed by atoms with E-state index in [1.54, 1.807) is 0 Å². The van der Waals surface area contributed by atoms with E-state index in [9.17, 15) is 0 Å². The standard InChI is InChI=1S/C12H25N.C2H6/c1-2-10-13-11-6-9-12-7-4-3-5-8-12;1-2/h12-13H,2-11H2,1H3;1-2H3. The van der Waals surface area contributed by atoms with Gasteiger partial charge in [0.2, 0.25) is 0 Å². The van der Waals surface area contributed by atoms with Crippen molar-refractivity contribution in [3.8, 4) is 0 Å². The van der Waals surface area contributed by atoms with Gasteiger partial charge in [-0.2, -0.15) is 0 Å². The molecular formula is C14H31N. The van der Waals surface area contributed by atoms with Crippen LogP contribution >= 0.6 is 0 Å². The molecule has 0 heterocycles. The molecule has 0 aliphatic heterocycles. The summed E-state index contributed by atoms with van der Waals surface area (Å²) in [5.41, 5.74) is 0. The van der Waals surface area contributed by atoms with Crippen LogP contribution in [0.15, 0.2) is 0 Å². The Bertz CT molecular complexity index is 106. The summed E-state index contributed by atoms with van der Waals surface area (Å²) in [6, 6.07) is 0. The summed E-state index contributed by atoms with van der Waals surface area (Å²) >= 11 is 0. The van der Waals surface area contributed by atoms with Crippen molar-refractivity contribution in [2.24, 2.45) is 5.92 Å². The lowest BCUT2D eigenvalue weighted by atomic mass is 9.86. The lowest BCUT2D eigenvalue weighted by molar-refractivity contribution is 0.330. The maximum Gasteiger partial charge on any atom is -0.00488 e. The van der Waals surface area contributed by atoms with Gasteiger partial charge in [0.05, 0.1) is 0 Å². The van der Waals surface area contributed by atoms with Gasteiger partial charge < -0.3 is 5.32 Å². The van der Waals surface area contributed by atoms with Crippen LogP contribution in [0.3, 0.4) is 0 Å². The fourth-order valence-corrected chi connectivity index (χ4v) is 2.29. The van der Waals surface area contributed by atoms with Crippen LogP contribution in [-0.4, -0.2) is 13.1 Å². The first-order valence-corrected chi connectivity index (χ1v) is 7.14. The fourth-order valence-electron chi connectivity index (χ4n) is 2.29. The van der Waals surface area contributed by atoms with Crippen molar-refractivity contribution in [3.63, 3.8) is 0 Å². The van der Waals surface area contributed by atoms with Crippen molar-refractivity contribution < 1.29 is 0 Å². The SMILES string of the molecule is CC.CCCNCCCC1CCCCC1.